The molecule has 0 aliphatic carbocycles. The molecule has 2 aliphatic heterocycles. The molecule has 212 valence electrons. The van der Waals surface area contributed by atoms with E-state index in [1.165, 1.54) is 4.90 Å². The number of benzene rings is 2. The summed E-state index contributed by atoms with van der Waals surface area (Å²) in [5.74, 6) is 1.35. The molecule has 0 saturated carbocycles. The number of methoxy groups -OCH3 is 1. The number of ether oxygens (including phenoxy) is 2. The minimum Gasteiger partial charge on any atom is -0.497 e. The van der Waals surface area contributed by atoms with Gasteiger partial charge in [-0.2, -0.15) is 5.10 Å². The van der Waals surface area contributed by atoms with Crippen LogP contribution in [0.4, 0.5) is 15.4 Å². The van der Waals surface area contributed by atoms with Crippen molar-refractivity contribution in [1.29, 1.82) is 0 Å². The highest BCUT2D eigenvalue weighted by molar-refractivity contribution is 6.08. The number of imide groups is 1. The number of urea groups is 1. The molecule has 2 aliphatic rings. The van der Waals surface area contributed by atoms with Crippen molar-refractivity contribution in [2.75, 3.05) is 31.6 Å². The Morgan fingerprint density at radius 2 is 1.73 bits per heavy atom. The van der Waals surface area contributed by atoms with Crippen molar-refractivity contribution in [3.8, 4) is 5.75 Å². The number of aryl methyl sites for hydroxylation is 1. The summed E-state index contributed by atoms with van der Waals surface area (Å²) < 4.78 is 12.5. The van der Waals surface area contributed by atoms with Crippen LogP contribution >= 0.6 is 0 Å². The van der Waals surface area contributed by atoms with Crippen LogP contribution in [0, 0.1) is 0 Å². The number of fused-ring (bicyclic) bond motifs is 1. The van der Waals surface area contributed by atoms with E-state index < -0.39 is 5.60 Å². The third kappa shape index (κ3) is 5.61. The van der Waals surface area contributed by atoms with Gasteiger partial charge in [0.2, 0.25) is 5.91 Å². The van der Waals surface area contributed by atoms with Gasteiger partial charge in [-0.15, -0.1) is 0 Å². The number of nitrogens with zero attached hydrogens (tertiary/aromatic N) is 5. The highest BCUT2D eigenvalue weighted by Crippen LogP contribution is 2.35. The molecule has 0 N–H and O–H groups in total. The van der Waals surface area contributed by atoms with Gasteiger partial charge in [0, 0.05) is 38.5 Å². The maximum Gasteiger partial charge on any atom is 0.410 e. The molecule has 0 spiro atoms. The number of piperidine rings is 1. The Bertz CT molecular complexity index is 1420. The van der Waals surface area contributed by atoms with Gasteiger partial charge in [0.05, 0.1) is 19.2 Å². The van der Waals surface area contributed by atoms with Crippen molar-refractivity contribution in [3.05, 3.63) is 53.6 Å². The SMILES string of the molecule is COc1ccc(CN2C(=O)CCN(c3nn(C)c4ccc(C5CCN(C(=O)OC(C)(C)C)CC5)cc34)C2=O)cc1. The van der Waals surface area contributed by atoms with Crippen molar-refractivity contribution in [1.82, 2.24) is 19.6 Å². The van der Waals surface area contributed by atoms with E-state index in [-0.39, 0.29) is 43.5 Å². The second-order valence-corrected chi connectivity index (χ2v) is 11.5. The molecule has 0 radical (unpaired) electrons. The first-order valence-corrected chi connectivity index (χ1v) is 13.7. The van der Waals surface area contributed by atoms with Crippen LogP contribution in [0.15, 0.2) is 42.5 Å². The third-order valence-electron chi connectivity index (χ3n) is 7.54. The lowest BCUT2D eigenvalue weighted by atomic mass is 9.89. The molecular formula is C30H37N5O5. The molecule has 4 amide bonds. The summed E-state index contributed by atoms with van der Waals surface area (Å²) >= 11 is 0. The molecule has 5 rings (SSSR count). The topological polar surface area (TPSA) is 97.2 Å². The maximum absolute atomic E-state index is 13.6. The average Bonchev–Trinajstić information content (AvgIpc) is 3.26. The van der Waals surface area contributed by atoms with Gasteiger partial charge in [-0.05, 0) is 74.9 Å². The Morgan fingerprint density at radius 3 is 2.38 bits per heavy atom. The molecule has 2 aromatic carbocycles. The van der Waals surface area contributed by atoms with E-state index >= 15 is 0 Å². The first kappa shape index (κ1) is 27.5. The molecule has 0 bridgehead atoms. The Morgan fingerprint density at radius 1 is 1.02 bits per heavy atom. The molecule has 40 heavy (non-hydrogen) atoms. The van der Waals surface area contributed by atoms with Crippen molar-refractivity contribution < 1.29 is 23.9 Å². The number of anilines is 1. The van der Waals surface area contributed by atoms with E-state index in [1.54, 1.807) is 21.6 Å². The fraction of sp³-hybridized carbons (Fsp3) is 0.467. The summed E-state index contributed by atoms with van der Waals surface area (Å²) in [7, 11) is 3.46. The van der Waals surface area contributed by atoms with Gasteiger partial charge in [-0.25, -0.2) is 9.59 Å². The Balaban J connectivity index is 1.35. The monoisotopic (exact) mass is 547 g/mol. The van der Waals surface area contributed by atoms with Gasteiger partial charge < -0.3 is 14.4 Å². The molecule has 10 heteroatoms. The van der Waals surface area contributed by atoms with Crippen LogP contribution < -0.4 is 9.64 Å². The lowest BCUT2D eigenvalue weighted by Crippen LogP contribution is -2.52. The van der Waals surface area contributed by atoms with Crippen LogP contribution in [0.2, 0.25) is 0 Å². The minimum atomic E-state index is -0.517. The lowest BCUT2D eigenvalue weighted by Gasteiger charge is -2.34. The fourth-order valence-electron chi connectivity index (χ4n) is 5.40. The van der Waals surface area contributed by atoms with E-state index in [4.69, 9.17) is 14.6 Å². The van der Waals surface area contributed by atoms with E-state index in [1.807, 2.05) is 58.2 Å². The van der Waals surface area contributed by atoms with Crippen LogP contribution in [0.5, 0.6) is 5.75 Å². The second kappa shape index (κ2) is 10.8. The van der Waals surface area contributed by atoms with E-state index in [9.17, 15) is 14.4 Å². The highest BCUT2D eigenvalue weighted by atomic mass is 16.6. The number of amides is 4. The average molecular weight is 548 g/mol. The molecule has 0 unspecified atom stereocenters. The summed E-state index contributed by atoms with van der Waals surface area (Å²) in [5.41, 5.74) is 2.39. The zero-order chi connectivity index (χ0) is 28.6. The van der Waals surface area contributed by atoms with Crippen LogP contribution in [0.25, 0.3) is 10.9 Å². The standard InChI is InChI=1S/C30H37N5O5/c1-30(2,3)40-29(38)33-15-12-21(13-16-33)22-8-11-25-24(18-22)27(31-32(25)4)34-17-14-26(36)35(28(34)37)19-20-6-9-23(39-5)10-7-20/h6-11,18,21H,12-17,19H2,1-5H3. The number of likely N-dealkylation sites (tertiary alicyclic amines) is 1. The van der Waals surface area contributed by atoms with Gasteiger partial charge >= 0.3 is 12.1 Å². The van der Waals surface area contributed by atoms with Gasteiger partial charge in [-0.3, -0.25) is 19.3 Å². The second-order valence-electron chi connectivity index (χ2n) is 11.5. The third-order valence-corrected chi connectivity index (χ3v) is 7.54. The van der Waals surface area contributed by atoms with E-state index in [0.717, 1.165) is 34.9 Å². The van der Waals surface area contributed by atoms with Gasteiger partial charge in [0.1, 0.15) is 11.4 Å². The zero-order valence-corrected chi connectivity index (χ0v) is 23.8. The smallest absolute Gasteiger partial charge is 0.410 e. The number of carbonyl (C=O) groups excluding carboxylic acids is 3. The van der Waals surface area contributed by atoms with Crippen LogP contribution in [-0.4, -0.2) is 70.0 Å². The van der Waals surface area contributed by atoms with E-state index in [0.29, 0.717) is 24.7 Å². The lowest BCUT2D eigenvalue weighted by molar-refractivity contribution is -0.129. The molecule has 3 aromatic rings. The fourth-order valence-corrected chi connectivity index (χ4v) is 5.40. The van der Waals surface area contributed by atoms with Crippen LogP contribution in [0.3, 0.4) is 0 Å². The van der Waals surface area contributed by atoms with Crippen molar-refractivity contribution >= 4 is 34.8 Å². The predicted molar refractivity (Wildman–Crippen MR) is 151 cm³/mol. The Kier molecular flexibility index (Phi) is 7.44. The summed E-state index contributed by atoms with van der Waals surface area (Å²) in [6, 6.07) is 13.2. The molecule has 0 atom stereocenters. The number of carbonyl (C=O) groups is 3. The van der Waals surface area contributed by atoms with Crippen molar-refractivity contribution in [2.45, 2.75) is 58.1 Å². The van der Waals surface area contributed by atoms with Crippen molar-refractivity contribution in [2.24, 2.45) is 7.05 Å². The van der Waals surface area contributed by atoms with Crippen LogP contribution in [-0.2, 0) is 23.1 Å². The molecule has 3 heterocycles. The summed E-state index contributed by atoms with van der Waals surface area (Å²) in [6.07, 6.45) is 1.61. The maximum atomic E-state index is 13.6. The first-order chi connectivity index (χ1) is 19.0. The van der Waals surface area contributed by atoms with E-state index in [2.05, 4.69) is 12.1 Å². The number of hydrogen-bond donors (Lipinski definition) is 0. The normalized spacial score (nSPS) is 17.1. The molecular weight excluding hydrogens is 510 g/mol. The number of aromatic nitrogens is 2. The summed E-state index contributed by atoms with van der Waals surface area (Å²) in [4.78, 5) is 43.6. The van der Waals surface area contributed by atoms with Crippen LogP contribution in [0.1, 0.15) is 57.1 Å². The molecule has 1 aromatic heterocycles. The quantitative estimate of drug-likeness (QED) is 0.443. The number of rotatable bonds is 5. The predicted octanol–water partition coefficient (Wildman–Crippen LogP) is 5.06. The highest BCUT2D eigenvalue weighted by Gasteiger charge is 2.35. The summed E-state index contributed by atoms with van der Waals surface area (Å²) in [5, 5.41) is 5.58. The van der Waals surface area contributed by atoms with Gasteiger partial charge in [0.25, 0.3) is 0 Å². The van der Waals surface area contributed by atoms with Gasteiger partial charge in [0.15, 0.2) is 5.82 Å². The van der Waals surface area contributed by atoms with Crippen molar-refractivity contribution in [3.63, 3.8) is 0 Å². The molecule has 10 nitrogen and oxygen atoms in total. The Hall–Kier alpha value is -4.08. The molecule has 2 saturated heterocycles. The number of hydrogen-bond acceptors (Lipinski definition) is 6. The largest absolute Gasteiger partial charge is 0.497 e. The summed E-state index contributed by atoms with van der Waals surface area (Å²) in [6.45, 7) is 7.35. The minimum absolute atomic E-state index is 0.185. The molecule has 2 fully saturated rings. The zero-order valence-electron chi connectivity index (χ0n) is 23.8. The Labute approximate surface area is 234 Å². The van der Waals surface area contributed by atoms with Gasteiger partial charge in [-0.1, -0.05) is 18.2 Å². The first-order valence-electron chi connectivity index (χ1n) is 13.7.